The highest BCUT2D eigenvalue weighted by Crippen LogP contribution is 2.18. The first-order chi connectivity index (χ1) is 11.4. The summed E-state index contributed by atoms with van der Waals surface area (Å²) < 4.78 is 8.11. The molecule has 0 radical (unpaired) electrons. The van der Waals surface area contributed by atoms with Gasteiger partial charge in [0.1, 0.15) is 5.69 Å². The van der Waals surface area contributed by atoms with Gasteiger partial charge in [-0.05, 0) is 35.2 Å². The molecule has 26 heavy (non-hydrogen) atoms. The van der Waals surface area contributed by atoms with Gasteiger partial charge in [-0.1, -0.05) is 45.2 Å². The highest BCUT2D eigenvalue weighted by molar-refractivity contribution is 5.80. The molecule has 0 aliphatic heterocycles. The predicted molar refractivity (Wildman–Crippen MR) is 111 cm³/mol. The molecule has 0 spiro atoms. The number of hydrogen-bond donors (Lipinski definition) is 0. The second kappa shape index (κ2) is 8.68. The molecule has 0 amide bonds. The van der Waals surface area contributed by atoms with Crippen molar-refractivity contribution in [1.29, 1.82) is 0 Å². The van der Waals surface area contributed by atoms with Gasteiger partial charge >= 0.3 is 5.97 Å². The van der Waals surface area contributed by atoms with Crippen molar-refractivity contribution in [3.8, 4) is 0 Å². The van der Waals surface area contributed by atoms with Gasteiger partial charge in [-0.15, -0.1) is 0 Å². The topological polar surface area (TPSA) is 31.2 Å². The van der Waals surface area contributed by atoms with Gasteiger partial charge in [-0.2, -0.15) is 0 Å². The maximum absolute atomic E-state index is 12.1. The van der Waals surface area contributed by atoms with Crippen LogP contribution in [0.3, 0.4) is 0 Å². The SMILES string of the molecule is C.C.C[N+](C)(C)c1ccc(CC(=O)OCn2ccc3ccccc32)cc1. The van der Waals surface area contributed by atoms with Crippen molar-refractivity contribution >= 4 is 22.6 Å². The van der Waals surface area contributed by atoms with E-state index in [4.69, 9.17) is 4.74 Å². The molecule has 0 aliphatic carbocycles. The zero-order valence-corrected chi connectivity index (χ0v) is 14.4. The number of fused-ring (bicyclic) bond motifs is 1. The van der Waals surface area contributed by atoms with Crippen molar-refractivity contribution < 1.29 is 9.53 Å². The van der Waals surface area contributed by atoms with Crippen LogP contribution in [-0.4, -0.2) is 31.7 Å². The van der Waals surface area contributed by atoms with Crippen LogP contribution in [-0.2, 0) is 22.7 Å². The molecular formula is C22H31N2O2+. The number of ether oxygens (including phenoxy) is 1. The summed E-state index contributed by atoms with van der Waals surface area (Å²) in [7, 11) is 6.35. The van der Waals surface area contributed by atoms with Gasteiger partial charge in [-0.3, -0.25) is 9.28 Å². The number of hydrogen-bond acceptors (Lipinski definition) is 2. The van der Waals surface area contributed by atoms with E-state index >= 15 is 0 Å². The zero-order valence-electron chi connectivity index (χ0n) is 14.4. The summed E-state index contributed by atoms with van der Waals surface area (Å²) in [6.07, 6.45) is 2.23. The Balaban J connectivity index is 0.00000169. The third-order valence-corrected chi connectivity index (χ3v) is 4.10. The lowest BCUT2D eigenvalue weighted by Gasteiger charge is -2.23. The standard InChI is InChI=1S/C20H23N2O2.2CH4/c1-22(2,3)18-10-8-16(9-11-18)14-20(23)24-15-21-13-12-17-6-4-5-7-19(17)21;;/h4-13H,14-15H2,1-3H3;2*1H4/q+1;;. The molecular weight excluding hydrogens is 324 g/mol. The van der Waals surface area contributed by atoms with Gasteiger partial charge in [0.25, 0.3) is 0 Å². The van der Waals surface area contributed by atoms with Crippen molar-refractivity contribution in [1.82, 2.24) is 9.05 Å². The Hall–Kier alpha value is -2.59. The highest BCUT2D eigenvalue weighted by atomic mass is 16.5. The number of para-hydroxylation sites is 1. The first-order valence-corrected chi connectivity index (χ1v) is 8.04. The Bertz CT molecular complexity index is 842. The molecule has 140 valence electrons. The number of carbonyl (C=O) groups excluding carboxylic acids is 1. The molecule has 0 saturated heterocycles. The second-order valence-corrected chi connectivity index (χ2v) is 6.85. The zero-order chi connectivity index (χ0) is 17.2. The fourth-order valence-corrected chi connectivity index (χ4v) is 2.67. The van der Waals surface area contributed by atoms with Crippen molar-refractivity contribution in [2.45, 2.75) is 28.0 Å². The molecule has 0 aliphatic rings. The van der Waals surface area contributed by atoms with E-state index in [-0.39, 0.29) is 34.0 Å². The summed E-state index contributed by atoms with van der Waals surface area (Å²) in [5, 5.41) is 1.14. The minimum absolute atomic E-state index is 0. The molecule has 4 heteroatoms. The Morgan fingerprint density at radius 3 is 2.27 bits per heavy atom. The smallest absolute Gasteiger partial charge is 0.311 e. The molecule has 0 bridgehead atoms. The van der Waals surface area contributed by atoms with Gasteiger partial charge < -0.3 is 9.30 Å². The number of quaternary nitrogens is 1. The summed E-state index contributed by atoms with van der Waals surface area (Å²) in [6.45, 7) is 0.239. The largest absolute Gasteiger partial charge is 0.444 e. The van der Waals surface area contributed by atoms with Gasteiger partial charge in [0.15, 0.2) is 6.73 Å². The average Bonchev–Trinajstić information content (AvgIpc) is 2.96. The average molecular weight is 356 g/mol. The summed E-state index contributed by atoms with van der Waals surface area (Å²) in [5.74, 6) is -0.217. The van der Waals surface area contributed by atoms with Crippen LogP contribution in [0.4, 0.5) is 5.69 Å². The monoisotopic (exact) mass is 355 g/mol. The lowest BCUT2D eigenvalue weighted by Crippen LogP contribution is -2.34. The molecule has 4 nitrogen and oxygen atoms in total. The number of esters is 1. The molecule has 0 atom stereocenters. The van der Waals surface area contributed by atoms with Crippen molar-refractivity contribution in [3.63, 3.8) is 0 Å². The second-order valence-electron chi connectivity index (χ2n) is 6.85. The number of aromatic nitrogens is 1. The van der Waals surface area contributed by atoms with E-state index in [1.165, 1.54) is 5.69 Å². The van der Waals surface area contributed by atoms with E-state index in [2.05, 4.69) is 33.3 Å². The Kier molecular flexibility index (Phi) is 7.16. The van der Waals surface area contributed by atoms with Crippen LogP contribution in [0.15, 0.2) is 60.8 Å². The molecule has 3 rings (SSSR count). The molecule has 1 aromatic heterocycles. The van der Waals surface area contributed by atoms with Gasteiger partial charge in [0.05, 0.1) is 33.1 Å². The fourth-order valence-electron chi connectivity index (χ4n) is 2.67. The molecule has 0 N–H and O–H groups in total. The number of nitrogens with zero attached hydrogens (tertiary/aromatic N) is 2. The van der Waals surface area contributed by atoms with Crippen LogP contribution in [0.5, 0.6) is 0 Å². The van der Waals surface area contributed by atoms with Gasteiger partial charge in [0, 0.05) is 6.20 Å². The molecule has 0 saturated carbocycles. The van der Waals surface area contributed by atoms with Crippen LogP contribution < -0.4 is 4.48 Å². The van der Waals surface area contributed by atoms with Crippen LogP contribution in [0.2, 0.25) is 0 Å². The van der Waals surface area contributed by atoms with Crippen LogP contribution >= 0.6 is 0 Å². The maximum atomic E-state index is 12.1. The van der Waals surface area contributed by atoms with E-state index in [1.54, 1.807) is 0 Å². The highest BCUT2D eigenvalue weighted by Gasteiger charge is 2.12. The first kappa shape index (κ1) is 21.5. The summed E-state index contributed by atoms with van der Waals surface area (Å²) >= 11 is 0. The van der Waals surface area contributed by atoms with Crippen LogP contribution in [0.25, 0.3) is 10.9 Å². The molecule has 2 aromatic carbocycles. The fraction of sp³-hybridized carbons (Fsp3) is 0.318. The molecule has 0 unspecified atom stereocenters. The van der Waals surface area contributed by atoms with Gasteiger partial charge in [-0.25, -0.2) is 0 Å². The van der Waals surface area contributed by atoms with E-state index in [1.807, 2.05) is 53.2 Å². The van der Waals surface area contributed by atoms with Gasteiger partial charge in [0.2, 0.25) is 0 Å². The third kappa shape index (κ3) is 4.96. The minimum Gasteiger partial charge on any atom is -0.444 e. The van der Waals surface area contributed by atoms with Crippen molar-refractivity contribution in [2.24, 2.45) is 0 Å². The molecule has 3 aromatic rings. The number of rotatable bonds is 5. The van der Waals surface area contributed by atoms with E-state index < -0.39 is 0 Å². The van der Waals surface area contributed by atoms with E-state index in [9.17, 15) is 4.79 Å². The van der Waals surface area contributed by atoms with Crippen LogP contribution in [0.1, 0.15) is 20.4 Å². The summed E-state index contributed by atoms with van der Waals surface area (Å²) in [6, 6.07) is 18.2. The predicted octanol–water partition coefficient (Wildman–Crippen LogP) is 4.85. The summed E-state index contributed by atoms with van der Waals surface area (Å²) in [5.41, 5.74) is 3.23. The molecule has 0 fully saturated rings. The van der Waals surface area contributed by atoms with E-state index in [0.29, 0.717) is 0 Å². The normalized spacial score (nSPS) is 10.7. The third-order valence-electron chi connectivity index (χ3n) is 4.10. The maximum Gasteiger partial charge on any atom is 0.311 e. The number of carbonyl (C=O) groups is 1. The lowest BCUT2D eigenvalue weighted by atomic mass is 10.1. The molecule has 1 heterocycles. The quantitative estimate of drug-likeness (QED) is 0.484. The Labute approximate surface area is 157 Å². The minimum atomic E-state index is -0.217. The first-order valence-electron chi connectivity index (χ1n) is 8.04. The number of benzene rings is 2. The summed E-state index contributed by atoms with van der Waals surface area (Å²) in [4.78, 5) is 12.1. The van der Waals surface area contributed by atoms with E-state index in [0.717, 1.165) is 20.9 Å². The van der Waals surface area contributed by atoms with Crippen LogP contribution in [0, 0.1) is 0 Å². The van der Waals surface area contributed by atoms with Crippen molar-refractivity contribution in [2.75, 3.05) is 21.1 Å². The lowest BCUT2D eigenvalue weighted by molar-refractivity contribution is -0.146. The van der Waals surface area contributed by atoms with Crippen molar-refractivity contribution in [3.05, 3.63) is 66.4 Å². The Morgan fingerprint density at radius 1 is 0.962 bits per heavy atom. The Morgan fingerprint density at radius 2 is 1.62 bits per heavy atom.